The Morgan fingerprint density at radius 2 is 1.92 bits per heavy atom. The van der Waals surface area contributed by atoms with E-state index in [4.69, 9.17) is 0 Å². The molecule has 8 heteroatoms. The van der Waals surface area contributed by atoms with Crippen molar-refractivity contribution in [1.82, 2.24) is 15.5 Å². The second-order valence-corrected chi connectivity index (χ2v) is 6.97. The number of piperidine rings is 1. The van der Waals surface area contributed by atoms with Gasteiger partial charge in [-0.25, -0.2) is 4.39 Å². The average Bonchev–Trinajstić information content (AvgIpc) is 2.60. The third-order valence-electron chi connectivity index (χ3n) is 4.17. The number of benzene rings is 1. The summed E-state index contributed by atoms with van der Waals surface area (Å²) in [6.07, 6.45) is 2.89. The largest absolute Gasteiger partial charge is 0.356 e. The van der Waals surface area contributed by atoms with E-state index in [0.717, 1.165) is 10.9 Å². The lowest BCUT2D eigenvalue weighted by atomic mass is 10.1. The fraction of sp³-hybridized carbons (Fsp3) is 0.500. The lowest BCUT2D eigenvalue weighted by Gasteiger charge is -2.25. The van der Waals surface area contributed by atoms with E-state index in [-0.39, 0.29) is 17.6 Å². The maximum absolute atomic E-state index is 13.8. The first-order chi connectivity index (χ1) is 12.5. The Morgan fingerprint density at radius 1 is 1.23 bits per heavy atom. The Labute approximate surface area is 161 Å². The number of halogens is 2. The summed E-state index contributed by atoms with van der Waals surface area (Å²) in [6.45, 7) is 1.41. The molecule has 2 amide bonds. The minimum Gasteiger partial charge on any atom is -0.356 e. The van der Waals surface area contributed by atoms with Crippen molar-refractivity contribution in [1.29, 1.82) is 0 Å². The molecule has 6 nitrogen and oxygen atoms in total. The highest BCUT2D eigenvalue weighted by Gasteiger charge is 2.25. The molecule has 0 aliphatic carbocycles. The smallest absolute Gasteiger partial charge is 0.229 e. The fourth-order valence-corrected chi connectivity index (χ4v) is 3.10. The van der Waals surface area contributed by atoms with Gasteiger partial charge in [0.2, 0.25) is 11.8 Å². The highest BCUT2D eigenvalue weighted by molar-refractivity contribution is 9.10. The van der Waals surface area contributed by atoms with Gasteiger partial charge in [-0.15, -0.1) is 0 Å². The molecule has 0 unspecified atom stereocenters. The summed E-state index contributed by atoms with van der Waals surface area (Å²) in [5.41, 5.74) is 0.681. The van der Waals surface area contributed by atoms with Gasteiger partial charge in [-0.05, 0) is 37.0 Å². The molecule has 142 valence electrons. The number of imide groups is 1. The van der Waals surface area contributed by atoms with Crippen LogP contribution in [-0.4, -0.2) is 49.4 Å². The lowest BCUT2D eigenvalue weighted by molar-refractivity contribution is -0.147. The van der Waals surface area contributed by atoms with E-state index in [1.54, 1.807) is 13.1 Å². The molecule has 26 heavy (non-hydrogen) atoms. The van der Waals surface area contributed by atoms with Crippen molar-refractivity contribution in [2.24, 2.45) is 4.99 Å². The van der Waals surface area contributed by atoms with Crippen LogP contribution in [0.3, 0.4) is 0 Å². The van der Waals surface area contributed by atoms with Gasteiger partial charge in [0.1, 0.15) is 5.82 Å². The maximum atomic E-state index is 13.8. The first-order valence-electron chi connectivity index (χ1n) is 8.73. The normalized spacial score (nSPS) is 15.3. The number of aryl methyl sites for hydroxylation is 1. The summed E-state index contributed by atoms with van der Waals surface area (Å²) >= 11 is 3.24. The summed E-state index contributed by atoms with van der Waals surface area (Å²) < 4.78 is 14.5. The predicted molar refractivity (Wildman–Crippen MR) is 102 cm³/mol. The van der Waals surface area contributed by atoms with Gasteiger partial charge >= 0.3 is 0 Å². The summed E-state index contributed by atoms with van der Waals surface area (Å²) in [4.78, 5) is 28.9. The van der Waals surface area contributed by atoms with Crippen LogP contribution in [0.2, 0.25) is 0 Å². The third-order valence-corrected chi connectivity index (χ3v) is 4.66. The molecule has 1 aromatic rings. The Balaban J connectivity index is 1.67. The van der Waals surface area contributed by atoms with Crippen molar-refractivity contribution < 1.29 is 14.0 Å². The number of guanidine groups is 1. The van der Waals surface area contributed by atoms with Crippen LogP contribution < -0.4 is 10.6 Å². The van der Waals surface area contributed by atoms with E-state index in [9.17, 15) is 14.0 Å². The fourth-order valence-electron chi connectivity index (χ4n) is 2.77. The van der Waals surface area contributed by atoms with E-state index < -0.39 is 0 Å². The van der Waals surface area contributed by atoms with Gasteiger partial charge in [-0.1, -0.05) is 22.0 Å². The van der Waals surface area contributed by atoms with Gasteiger partial charge in [0.25, 0.3) is 0 Å². The van der Waals surface area contributed by atoms with Gasteiger partial charge in [-0.3, -0.25) is 19.5 Å². The molecule has 1 aromatic carbocycles. The summed E-state index contributed by atoms with van der Waals surface area (Å²) in [6, 6.07) is 5.07. The second-order valence-electron chi connectivity index (χ2n) is 6.06. The van der Waals surface area contributed by atoms with Crippen LogP contribution in [-0.2, 0) is 16.0 Å². The Kier molecular flexibility index (Phi) is 8.03. The minimum absolute atomic E-state index is 0.109. The average molecular weight is 427 g/mol. The Bertz CT molecular complexity index is 665. The number of rotatable bonds is 7. The molecule has 2 rings (SSSR count). The molecule has 0 saturated carbocycles. The van der Waals surface area contributed by atoms with Gasteiger partial charge in [0, 0.05) is 44.0 Å². The zero-order valence-corrected chi connectivity index (χ0v) is 16.4. The number of carbonyl (C=O) groups excluding carboxylic acids is 2. The van der Waals surface area contributed by atoms with E-state index >= 15 is 0 Å². The SMILES string of the molecule is CN=C(NCCCc1ccc(Br)cc1F)NCCN1C(=O)CCCC1=O. The topological polar surface area (TPSA) is 73.8 Å². The number of carbonyl (C=O) groups is 2. The zero-order valence-electron chi connectivity index (χ0n) is 14.9. The molecular weight excluding hydrogens is 403 g/mol. The molecule has 1 aliphatic rings. The van der Waals surface area contributed by atoms with Gasteiger partial charge in [-0.2, -0.15) is 0 Å². The number of aliphatic imine (C=N–C) groups is 1. The third kappa shape index (κ3) is 6.09. The number of hydrogen-bond donors (Lipinski definition) is 2. The zero-order chi connectivity index (χ0) is 18.9. The monoisotopic (exact) mass is 426 g/mol. The van der Waals surface area contributed by atoms with E-state index in [1.807, 2.05) is 6.07 Å². The number of amides is 2. The molecule has 1 saturated heterocycles. The van der Waals surface area contributed by atoms with E-state index in [2.05, 4.69) is 31.6 Å². The molecular formula is C18H24BrFN4O2. The van der Waals surface area contributed by atoms with Crippen molar-refractivity contribution in [3.05, 3.63) is 34.1 Å². The first-order valence-corrected chi connectivity index (χ1v) is 9.52. The van der Waals surface area contributed by atoms with Crippen LogP contribution in [0.5, 0.6) is 0 Å². The number of hydrogen-bond acceptors (Lipinski definition) is 3. The molecule has 1 heterocycles. The molecule has 2 N–H and O–H groups in total. The number of likely N-dealkylation sites (tertiary alicyclic amines) is 1. The van der Waals surface area contributed by atoms with Crippen LogP contribution in [0, 0.1) is 5.82 Å². The maximum Gasteiger partial charge on any atom is 0.229 e. The first kappa shape index (κ1) is 20.4. The van der Waals surface area contributed by atoms with Crippen molar-refractivity contribution in [3.63, 3.8) is 0 Å². The van der Waals surface area contributed by atoms with E-state index in [1.165, 1.54) is 11.0 Å². The van der Waals surface area contributed by atoms with Crippen LogP contribution in [0.4, 0.5) is 4.39 Å². The highest BCUT2D eigenvalue weighted by Crippen LogP contribution is 2.16. The predicted octanol–water partition coefficient (Wildman–Crippen LogP) is 2.22. The summed E-state index contributed by atoms with van der Waals surface area (Å²) in [7, 11) is 1.65. The van der Waals surface area contributed by atoms with Crippen LogP contribution in [0.1, 0.15) is 31.2 Å². The number of nitrogens with zero attached hydrogens (tertiary/aromatic N) is 2. The highest BCUT2D eigenvalue weighted by atomic mass is 79.9. The van der Waals surface area contributed by atoms with Crippen LogP contribution in [0.15, 0.2) is 27.7 Å². The molecule has 0 atom stereocenters. The van der Waals surface area contributed by atoms with Crippen LogP contribution in [0.25, 0.3) is 0 Å². The minimum atomic E-state index is -0.210. The summed E-state index contributed by atoms with van der Waals surface area (Å²) in [5.74, 6) is 0.168. The quantitative estimate of drug-likeness (QED) is 0.303. The van der Waals surface area contributed by atoms with Gasteiger partial charge in [0.15, 0.2) is 5.96 Å². The van der Waals surface area contributed by atoms with Gasteiger partial charge in [0.05, 0.1) is 0 Å². The van der Waals surface area contributed by atoms with E-state index in [0.29, 0.717) is 56.8 Å². The molecule has 1 aliphatic heterocycles. The summed E-state index contributed by atoms with van der Waals surface area (Å²) in [5, 5.41) is 6.24. The van der Waals surface area contributed by atoms with Crippen molar-refractivity contribution in [2.75, 3.05) is 26.7 Å². The molecule has 0 spiro atoms. The lowest BCUT2D eigenvalue weighted by Crippen LogP contribution is -2.46. The van der Waals surface area contributed by atoms with Crippen molar-refractivity contribution in [2.45, 2.75) is 32.1 Å². The van der Waals surface area contributed by atoms with Crippen molar-refractivity contribution >= 4 is 33.7 Å². The van der Waals surface area contributed by atoms with Crippen molar-refractivity contribution in [3.8, 4) is 0 Å². The molecule has 0 radical (unpaired) electrons. The standard InChI is InChI=1S/C18H24BrFN4O2/c1-21-18(23-10-11-24-16(25)5-2-6-17(24)26)22-9-3-4-13-7-8-14(19)12-15(13)20/h7-8,12H,2-6,9-11H2,1H3,(H2,21,22,23). The Hall–Kier alpha value is -1.96. The molecule has 0 aromatic heterocycles. The Morgan fingerprint density at radius 3 is 2.58 bits per heavy atom. The molecule has 1 fully saturated rings. The molecule has 0 bridgehead atoms. The van der Waals surface area contributed by atoms with Gasteiger partial charge < -0.3 is 10.6 Å². The van der Waals surface area contributed by atoms with Crippen LogP contribution >= 0.6 is 15.9 Å². The second kappa shape index (κ2) is 10.3. The number of nitrogens with one attached hydrogen (secondary N) is 2.